The van der Waals surface area contributed by atoms with Crippen molar-refractivity contribution in [3.8, 4) is 0 Å². The minimum absolute atomic E-state index is 0.198. The molecule has 0 fully saturated rings. The molecule has 0 amide bonds. The topological polar surface area (TPSA) is 80.8 Å². The van der Waals surface area contributed by atoms with Gasteiger partial charge in [-0.3, -0.25) is 9.10 Å². The van der Waals surface area contributed by atoms with E-state index in [1.165, 1.54) is 22.3 Å². The van der Waals surface area contributed by atoms with Crippen molar-refractivity contribution in [2.75, 3.05) is 23.4 Å². The summed E-state index contributed by atoms with van der Waals surface area (Å²) < 4.78 is 30.5. The van der Waals surface area contributed by atoms with Crippen LogP contribution in [-0.4, -0.2) is 45.3 Å². The number of nitrogens with zero attached hydrogens (tertiary/aromatic N) is 1. The first kappa shape index (κ1) is 20.4. The number of hydrogen-bond acceptors (Lipinski definition) is 6. The molecule has 1 heterocycles. The summed E-state index contributed by atoms with van der Waals surface area (Å²) >= 11 is 1.43. The molecule has 8 heteroatoms. The second-order valence-electron chi connectivity index (χ2n) is 6.66. The van der Waals surface area contributed by atoms with Gasteiger partial charge in [-0.15, -0.1) is 11.8 Å². The van der Waals surface area contributed by atoms with Crippen LogP contribution in [0.25, 0.3) is 0 Å². The smallest absolute Gasteiger partial charge is 0.339 e. The molecule has 0 saturated carbocycles. The number of fused-ring (bicyclic) bond motifs is 1. The third kappa shape index (κ3) is 4.07. The summed E-state index contributed by atoms with van der Waals surface area (Å²) in [5, 5.41) is 0. The van der Waals surface area contributed by atoms with Crippen molar-refractivity contribution >= 4 is 39.2 Å². The van der Waals surface area contributed by atoms with Gasteiger partial charge in [0, 0.05) is 16.5 Å². The van der Waals surface area contributed by atoms with E-state index in [4.69, 9.17) is 4.74 Å². The van der Waals surface area contributed by atoms with Crippen molar-refractivity contribution in [2.45, 2.75) is 24.3 Å². The average molecular weight is 420 g/mol. The number of Topliss-reactive ketones (excluding diaryl/α,β-unsaturated/α-hetero) is 1. The Bertz CT molecular complexity index is 1030. The van der Waals surface area contributed by atoms with Crippen molar-refractivity contribution in [2.24, 2.45) is 0 Å². The average Bonchev–Trinajstić information content (AvgIpc) is 3.00. The summed E-state index contributed by atoms with van der Waals surface area (Å²) in [6, 6.07) is 11.7. The molecular weight excluding hydrogens is 398 g/mol. The SMILES string of the molecule is CSc1ccccc1C(=O)OCC(=O)c1ccc2c(c1)C[C@H](C)N2S(C)(=O)=O. The molecule has 0 saturated heterocycles. The molecular formula is C20H21NO5S2. The predicted octanol–water partition coefficient (Wildman–Crippen LogP) is 3.16. The highest BCUT2D eigenvalue weighted by Crippen LogP contribution is 2.34. The van der Waals surface area contributed by atoms with Gasteiger partial charge in [0.2, 0.25) is 10.0 Å². The first-order chi connectivity index (χ1) is 13.2. The fraction of sp³-hybridized carbons (Fsp3) is 0.300. The molecule has 2 aromatic rings. The van der Waals surface area contributed by atoms with Gasteiger partial charge in [-0.1, -0.05) is 12.1 Å². The number of thioether (sulfide) groups is 1. The molecule has 6 nitrogen and oxygen atoms in total. The summed E-state index contributed by atoms with van der Waals surface area (Å²) in [4.78, 5) is 25.5. The highest BCUT2D eigenvalue weighted by atomic mass is 32.2. The number of rotatable bonds is 6. The van der Waals surface area contributed by atoms with Gasteiger partial charge in [-0.05, 0) is 55.5 Å². The minimum Gasteiger partial charge on any atom is -0.454 e. The Kier molecular flexibility index (Phi) is 5.81. The van der Waals surface area contributed by atoms with Crippen LogP contribution in [0.3, 0.4) is 0 Å². The number of sulfonamides is 1. The maximum absolute atomic E-state index is 12.5. The molecule has 0 aliphatic carbocycles. The van der Waals surface area contributed by atoms with E-state index in [0.29, 0.717) is 23.2 Å². The van der Waals surface area contributed by atoms with Crippen LogP contribution in [0.5, 0.6) is 0 Å². The van der Waals surface area contributed by atoms with Crippen LogP contribution in [0, 0.1) is 0 Å². The van der Waals surface area contributed by atoms with Crippen LogP contribution in [0.1, 0.15) is 33.2 Å². The summed E-state index contributed by atoms with van der Waals surface area (Å²) in [6.45, 7) is 1.46. The Hall–Kier alpha value is -2.32. The molecule has 0 N–H and O–H groups in total. The van der Waals surface area contributed by atoms with E-state index in [0.717, 1.165) is 10.5 Å². The second-order valence-corrected chi connectivity index (χ2v) is 9.36. The Labute approximate surface area is 168 Å². The Morgan fingerprint density at radius 1 is 1.21 bits per heavy atom. The molecule has 28 heavy (non-hydrogen) atoms. The number of ketones is 1. The number of ether oxygens (including phenoxy) is 1. The quantitative estimate of drug-likeness (QED) is 0.406. The summed E-state index contributed by atoms with van der Waals surface area (Å²) in [5.41, 5.74) is 2.21. The zero-order chi connectivity index (χ0) is 20.5. The lowest BCUT2D eigenvalue weighted by Crippen LogP contribution is -2.34. The molecule has 1 aliphatic heterocycles. The van der Waals surface area contributed by atoms with Crippen molar-refractivity contribution < 1.29 is 22.7 Å². The lowest BCUT2D eigenvalue weighted by Gasteiger charge is -2.21. The molecule has 0 aromatic heterocycles. The maximum Gasteiger partial charge on any atom is 0.339 e. The number of hydrogen-bond donors (Lipinski definition) is 0. The lowest BCUT2D eigenvalue weighted by molar-refractivity contribution is 0.0471. The van der Waals surface area contributed by atoms with E-state index in [-0.39, 0.29) is 18.4 Å². The van der Waals surface area contributed by atoms with Crippen LogP contribution in [0.15, 0.2) is 47.4 Å². The molecule has 3 rings (SSSR count). The predicted molar refractivity (Wildman–Crippen MR) is 110 cm³/mol. The van der Waals surface area contributed by atoms with Crippen LogP contribution in [-0.2, 0) is 21.2 Å². The molecule has 1 aliphatic rings. The summed E-state index contributed by atoms with van der Waals surface area (Å²) in [5.74, 6) is -0.875. The first-order valence-electron chi connectivity index (χ1n) is 8.68. The second kappa shape index (κ2) is 7.97. The van der Waals surface area contributed by atoms with Gasteiger partial charge in [-0.25, -0.2) is 13.2 Å². The molecule has 148 valence electrons. The molecule has 0 bridgehead atoms. The minimum atomic E-state index is -3.38. The van der Waals surface area contributed by atoms with Gasteiger partial charge in [0.15, 0.2) is 12.4 Å². The van der Waals surface area contributed by atoms with E-state index in [1.807, 2.05) is 25.3 Å². The van der Waals surface area contributed by atoms with Gasteiger partial charge in [-0.2, -0.15) is 0 Å². The number of anilines is 1. The van der Waals surface area contributed by atoms with Gasteiger partial charge < -0.3 is 4.74 Å². The normalized spacial score (nSPS) is 16.0. The number of esters is 1. The molecule has 2 aromatic carbocycles. The number of carbonyl (C=O) groups is 2. The standard InChI is InChI=1S/C20H21NO5S2/c1-13-10-15-11-14(8-9-17(15)21(13)28(3,24)25)18(22)12-26-20(23)16-6-4-5-7-19(16)27-2/h4-9,11,13H,10,12H2,1-3H3/t13-/m0/s1. The van der Waals surface area contributed by atoms with Gasteiger partial charge in [0.1, 0.15) is 0 Å². The van der Waals surface area contributed by atoms with E-state index in [9.17, 15) is 18.0 Å². The fourth-order valence-corrected chi connectivity index (χ4v) is 5.24. The molecule has 1 atom stereocenters. The molecule has 0 unspecified atom stereocenters. The highest BCUT2D eigenvalue weighted by molar-refractivity contribution is 7.98. The lowest BCUT2D eigenvalue weighted by atomic mass is 10.0. The van der Waals surface area contributed by atoms with Crippen molar-refractivity contribution in [1.82, 2.24) is 0 Å². The van der Waals surface area contributed by atoms with Gasteiger partial charge >= 0.3 is 5.97 Å². The van der Waals surface area contributed by atoms with Crippen molar-refractivity contribution in [1.29, 1.82) is 0 Å². The van der Waals surface area contributed by atoms with Gasteiger partial charge in [0.25, 0.3) is 0 Å². The number of benzene rings is 2. The Morgan fingerprint density at radius 3 is 2.61 bits per heavy atom. The zero-order valence-corrected chi connectivity index (χ0v) is 17.5. The Morgan fingerprint density at radius 2 is 1.93 bits per heavy atom. The van der Waals surface area contributed by atoms with Crippen LogP contribution >= 0.6 is 11.8 Å². The monoisotopic (exact) mass is 419 g/mol. The van der Waals surface area contributed by atoms with Crippen LogP contribution < -0.4 is 4.31 Å². The maximum atomic E-state index is 12.5. The summed E-state index contributed by atoms with van der Waals surface area (Å²) in [6.07, 6.45) is 3.57. The fourth-order valence-electron chi connectivity index (χ4n) is 3.39. The third-order valence-electron chi connectivity index (χ3n) is 4.57. The van der Waals surface area contributed by atoms with E-state index in [1.54, 1.807) is 30.3 Å². The van der Waals surface area contributed by atoms with E-state index >= 15 is 0 Å². The third-order valence-corrected chi connectivity index (χ3v) is 6.64. The van der Waals surface area contributed by atoms with Crippen molar-refractivity contribution in [3.63, 3.8) is 0 Å². The zero-order valence-electron chi connectivity index (χ0n) is 15.8. The first-order valence-corrected chi connectivity index (χ1v) is 11.8. The van der Waals surface area contributed by atoms with E-state index < -0.39 is 16.0 Å². The number of carbonyl (C=O) groups excluding carboxylic acids is 2. The van der Waals surface area contributed by atoms with Crippen LogP contribution in [0.4, 0.5) is 5.69 Å². The molecule has 0 spiro atoms. The summed E-state index contributed by atoms with van der Waals surface area (Å²) in [7, 11) is -3.38. The van der Waals surface area contributed by atoms with Crippen molar-refractivity contribution in [3.05, 3.63) is 59.2 Å². The Balaban J connectivity index is 1.73. The van der Waals surface area contributed by atoms with Crippen LogP contribution in [0.2, 0.25) is 0 Å². The van der Waals surface area contributed by atoms with E-state index in [2.05, 4.69) is 0 Å². The largest absolute Gasteiger partial charge is 0.454 e. The van der Waals surface area contributed by atoms with Gasteiger partial charge in [0.05, 0.1) is 17.5 Å². The highest BCUT2D eigenvalue weighted by Gasteiger charge is 2.32. The molecule has 0 radical (unpaired) electrons.